The Morgan fingerprint density at radius 3 is 0.882 bits per heavy atom. The first-order valence-electron chi connectivity index (χ1n) is 32.7. The van der Waals surface area contributed by atoms with Gasteiger partial charge in [-0.2, -0.15) is 0 Å². The molecule has 0 saturated carbocycles. The molecule has 13 aromatic carbocycles. The van der Waals surface area contributed by atoms with Gasteiger partial charge in [0, 0.05) is 88.6 Å². The second-order valence-electron chi connectivity index (χ2n) is 27.6. The summed E-state index contributed by atoms with van der Waals surface area (Å²) in [4.78, 5) is 5.33. The molecule has 0 saturated heterocycles. The lowest BCUT2D eigenvalue weighted by Crippen LogP contribution is -2.62. The average Bonchev–Trinajstić information content (AvgIpc) is 1.57. The molecule has 93 heavy (non-hydrogen) atoms. The van der Waals surface area contributed by atoms with Gasteiger partial charge in [0.2, 0.25) is 0 Å². The van der Waals surface area contributed by atoms with E-state index in [0.717, 1.165) is 22.7 Å². The van der Waals surface area contributed by atoms with E-state index in [-0.39, 0.29) is 6.71 Å². The quantitative estimate of drug-likeness (QED) is 0.142. The third-order valence-electron chi connectivity index (χ3n) is 20.4. The van der Waals surface area contributed by atoms with Gasteiger partial charge in [0.1, 0.15) is 0 Å². The summed E-state index contributed by atoms with van der Waals surface area (Å²) in [6.45, 7) is 14.9. The number of rotatable bonds is 8. The third kappa shape index (κ3) is 7.69. The van der Waals surface area contributed by atoms with E-state index in [2.05, 4.69) is 352 Å². The highest BCUT2D eigenvalue weighted by atomic mass is 28.3. The minimum absolute atomic E-state index is 0.118. The van der Waals surface area contributed by atoms with Gasteiger partial charge in [0.25, 0.3) is 6.71 Å². The lowest BCUT2D eigenvalue weighted by molar-refractivity contribution is 1.13. The van der Waals surface area contributed by atoms with E-state index < -0.39 is 16.1 Å². The molecule has 0 amide bonds. The number of anilines is 6. The second kappa shape index (κ2) is 19.8. The molecule has 2 aliphatic heterocycles. The summed E-state index contributed by atoms with van der Waals surface area (Å²) in [5.41, 5.74) is 25.2. The van der Waals surface area contributed by atoms with E-state index in [1.807, 2.05) is 0 Å². The SMILES string of the molecule is C[Si](C)(C)c1ccccc1N1c2cc(-n3c4ccccc4c4cccc(-n5c6ccccc6c6ccccc65)c43)ccc2B2c3ccc(-n4c5ccccc5c5cccc(-n6c7ccccc7c7ccccc76)c54)cc3N(c3ccccc3[Si](C)(C)C)c3cccc1c32. The van der Waals surface area contributed by atoms with E-state index in [0.29, 0.717) is 0 Å². The molecule has 442 valence electrons. The standard InChI is InChI=1S/C84H65BN6Si2/c1-92(2,3)80-46-21-19-40-72(80)90-74-42-25-43-75-82(74)85(64-50-48-54(52-78(64)90)86-66-34-13-11-30-60(66)62-32-23-44-76(83(62)86)88-68-36-15-7-26-56(68)57-27-8-16-37-69(57)88)65-51-49-55(53-79(65)91(75)73-41-20-22-47-81(73)93(4,5)6)87-67-35-14-12-31-61(67)63-33-24-45-77(84(63)87)89-70-38-17-9-28-58(70)59-29-10-18-39-71(59)89/h7-53H,1-6H3. The van der Waals surface area contributed by atoms with Crippen molar-refractivity contribution in [3.8, 4) is 22.7 Å². The van der Waals surface area contributed by atoms with E-state index in [1.54, 1.807) is 0 Å². The minimum Gasteiger partial charge on any atom is -0.311 e. The first-order chi connectivity index (χ1) is 45.5. The molecule has 6 heterocycles. The topological polar surface area (TPSA) is 26.2 Å². The summed E-state index contributed by atoms with van der Waals surface area (Å²) in [5.74, 6) is 0. The van der Waals surface area contributed by atoms with Gasteiger partial charge in [-0.3, -0.25) is 0 Å². The van der Waals surface area contributed by atoms with Crippen LogP contribution in [0.25, 0.3) is 110 Å². The summed E-state index contributed by atoms with van der Waals surface area (Å²) < 4.78 is 10.1. The van der Waals surface area contributed by atoms with Gasteiger partial charge in [-0.05, 0) is 124 Å². The van der Waals surface area contributed by atoms with Gasteiger partial charge >= 0.3 is 0 Å². The highest BCUT2D eigenvalue weighted by Crippen LogP contribution is 2.48. The third-order valence-corrected chi connectivity index (χ3v) is 24.5. The molecule has 6 nitrogen and oxygen atoms in total. The molecule has 19 rings (SSSR count). The van der Waals surface area contributed by atoms with Crippen LogP contribution in [0, 0.1) is 0 Å². The molecule has 17 aromatic rings. The van der Waals surface area contributed by atoms with Crippen LogP contribution < -0.4 is 36.6 Å². The first kappa shape index (κ1) is 53.9. The summed E-state index contributed by atoms with van der Waals surface area (Å²) in [6.07, 6.45) is 0. The second-order valence-corrected chi connectivity index (χ2v) is 37.7. The molecule has 4 aromatic heterocycles. The van der Waals surface area contributed by atoms with Gasteiger partial charge in [-0.15, -0.1) is 0 Å². The monoisotopic (exact) mass is 1220 g/mol. The van der Waals surface area contributed by atoms with Gasteiger partial charge in [0.15, 0.2) is 0 Å². The molecule has 0 radical (unpaired) electrons. The minimum atomic E-state index is -1.98. The lowest BCUT2D eigenvalue weighted by atomic mass is 9.33. The van der Waals surface area contributed by atoms with Gasteiger partial charge in [-0.25, -0.2) is 0 Å². The van der Waals surface area contributed by atoms with Crippen molar-refractivity contribution >= 4 is 171 Å². The zero-order valence-corrected chi connectivity index (χ0v) is 54.9. The Labute approximate surface area is 542 Å². The molecule has 0 N–H and O–H groups in total. The maximum Gasteiger partial charge on any atom is 0.252 e. The number of fused-ring (bicyclic) bond motifs is 16. The van der Waals surface area contributed by atoms with Crippen LogP contribution in [-0.2, 0) is 0 Å². The Bertz CT molecular complexity index is 5560. The average molecular weight is 1230 g/mol. The Kier molecular flexibility index (Phi) is 11.5. The van der Waals surface area contributed by atoms with E-state index in [9.17, 15) is 0 Å². The fourth-order valence-corrected chi connectivity index (χ4v) is 19.7. The van der Waals surface area contributed by atoms with Crippen molar-refractivity contribution in [1.29, 1.82) is 0 Å². The van der Waals surface area contributed by atoms with Crippen LogP contribution in [0.15, 0.2) is 285 Å². The smallest absolute Gasteiger partial charge is 0.252 e. The molecule has 0 unspecified atom stereocenters. The molecule has 9 heteroatoms. The van der Waals surface area contributed by atoms with Crippen LogP contribution in [0.1, 0.15) is 0 Å². The first-order valence-corrected chi connectivity index (χ1v) is 39.7. The molecule has 0 atom stereocenters. The fraction of sp³-hybridized carbons (Fsp3) is 0.0714. The number of nitrogens with zero attached hydrogens (tertiary/aromatic N) is 6. The summed E-state index contributed by atoms with van der Waals surface area (Å²) in [5, 5.41) is 12.7. The highest BCUT2D eigenvalue weighted by Gasteiger charge is 2.45. The van der Waals surface area contributed by atoms with E-state index in [1.165, 1.54) is 148 Å². The van der Waals surface area contributed by atoms with Crippen molar-refractivity contribution in [1.82, 2.24) is 18.3 Å². The molecular formula is C84H65BN6Si2. The maximum absolute atomic E-state index is 2.67. The molecule has 0 spiro atoms. The van der Waals surface area contributed by atoms with Crippen LogP contribution in [0.2, 0.25) is 39.3 Å². The zero-order chi connectivity index (χ0) is 62.2. The molecule has 0 bridgehead atoms. The van der Waals surface area contributed by atoms with Crippen LogP contribution in [0.5, 0.6) is 0 Å². The molecule has 0 aliphatic carbocycles. The lowest BCUT2D eigenvalue weighted by Gasteiger charge is -2.45. The highest BCUT2D eigenvalue weighted by molar-refractivity contribution is 7.00. The van der Waals surface area contributed by atoms with Crippen molar-refractivity contribution in [3.05, 3.63) is 285 Å². The Balaban J connectivity index is 0.903. The fourth-order valence-electron chi connectivity index (χ4n) is 16.6. The number of benzene rings is 13. The largest absolute Gasteiger partial charge is 0.311 e. The number of hydrogen-bond acceptors (Lipinski definition) is 2. The van der Waals surface area contributed by atoms with Crippen molar-refractivity contribution in [3.63, 3.8) is 0 Å². The Morgan fingerprint density at radius 1 is 0.237 bits per heavy atom. The molecular weight excluding hydrogens is 1160 g/mol. The zero-order valence-electron chi connectivity index (χ0n) is 52.9. The number of hydrogen-bond donors (Lipinski definition) is 0. The van der Waals surface area contributed by atoms with Crippen molar-refractivity contribution in [2.75, 3.05) is 9.80 Å². The summed E-state index contributed by atoms with van der Waals surface area (Å²) in [6, 6.07) is 108. The molecule has 2 aliphatic rings. The summed E-state index contributed by atoms with van der Waals surface area (Å²) in [7, 11) is -3.97. The van der Waals surface area contributed by atoms with E-state index in [4.69, 9.17) is 0 Å². The van der Waals surface area contributed by atoms with Crippen LogP contribution in [0.4, 0.5) is 34.1 Å². The predicted molar refractivity (Wildman–Crippen MR) is 404 cm³/mol. The van der Waals surface area contributed by atoms with Crippen LogP contribution in [-0.4, -0.2) is 41.1 Å². The van der Waals surface area contributed by atoms with Crippen LogP contribution >= 0.6 is 0 Å². The van der Waals surface area contributed by atoms with Gasteiger partial charge < -0.3 is 28.1 Å². The maximum atomic E-state index is 2.67. The molecule has 0 fully saturated rings. The number of aromatic nitrogens is 4. The van der Waals surface area contributed by atoms with Gasteiger partial charge in [0.05, 0.1) is 71.7 Å². The van der Waals surface area contributed by atoms with Crippen molar-refractivity contribution in [2.24, 2.45) is 0 Å². The Hall–Kier alpha value is -10.8. The normalized spacial score (nSPS) is 13.2. The predicted octanol–water partition coefficient (Wildman–Crippen LogP) is 19.2. The van der Waals surface area contributed by atoms with Crippen molar-refractivity contribution < 1.29 is 0 Å². The Morgan fingerprint density at radius 2 is 0.516 bits per heavy atom. The van der Waals surface area contributed by atoms with Gasteiger partial charge in [-0.1, -0.05) is 227 Å². The van der Waals surface area contributed by atoms with Crippen LogP contribution in [0.3, 0.4) is 0 Å². The number of para-hydroxylation sites is 10. The van der Waals surface area contributed by atoms with E-state index >= 15 is 0 Å². The summed E-state index contributed by atoms with van der Waals surface area (Å²) >= 11 is 0. The van der Waals surface area contributed by atoms with Crippen molar-refractivity contribution in [2.45, 2.75) is 39.3 Å².